The molecule has 0 bridgehead atoms. The quantitative estimate of drug-likeness (QED) is 0.227. The number of aliphatic imine (C=N–C) groups is 1. The van der Waals surface area contributed by atoms with Crippen LogP contribution < -0.4 is 16.0 Å². The van der Waals surface area contributed by atoms with Crippen molar-refractivity contribution < 1.29 is 14.0 Å². The van der Waals surface area contributed by atoms with E-state index in [2.05, 4.69) is 25.8 Å². The predicted octanol–water partition coefficient (Wildman–Crippen LogP) is 1.75. The molecule has 2 heterocycles. The Hall–Kier alpha value is -1.78. The van der Waals surface area contributed by atoms with Crippen LogP contribution in [0.25, 0.3) is 0 Å². The van der Waals surface area contributed by atoms with Gasteiger partial charge in [-0.3, -0.25) is 14.6 Å². The second kappa shape index (κ2) is 12.6. The molecular formula is C19H32IN5O3. The van der Waals surface area contributed by atoms with Gasteiger partial charge in [0.25, 0.3) is 5.91 Å². The van der Waals surface area contributed by atoms with E-state index in [0.29, 0.717) is 24.6 Å². The first kappa shape index (κ1) is 24.3. The maximum atomic E-state index is 12.0. The van der Waals surface area contributed by atoms with E-state index in [0.717, 1.165) is 50.4 Å². The molecule has 1 aliphatic rings. The summed E-state index contributed by atoms with van der Waals surface area (Å²) in [6, 6.07) is 1.78. The number of furan rings is 1. The highest BCUT2D eigenvalue weighted by Crippen LogP contribution is 2.20. The Labute approximate surface area is 183 Å². The number of guanidine groups is 1. The number of likely N-dealkylation sites (tertiary alicyclic amines) is 1. The number of carbonyl (C=O) groups is 2. The summed E-state index contributed by atoms with van der Waals surface area (Å²) in [5.41, 5.74) is 0.839. The molecule has 0 spiro atoms. The number of hydrogen-bond donors (Lipinski definition) is 3. The molecule has 1 aromatic rings. The normalized spacial score (nSPS) is 15.0. The number of rotatable bonds is 7. The third kappa shape index (κ3) is 7.33. The zero-order valence-electron chi connectivity index (χ0n) is 16.9. The van der Waals surface area contributed by atoms with E-state index in [-0.39, 0.29) is 35.8 Å². The van der Waals surface area contributed by atoms with Crippen molar-refractivity contribution in [3.63, 3.8) is 0 Å². The van der Waals surface area contributed by atoms with Gasteiger partial charge in [0.2, 0.25) is 5.91 Å². The van der Waals surface area contributed by atoms with Crippen molar-refractivity contribution in [1.82, 2.24) is 20.9 Å². The van der Waals surface area contributed by atoms with Crippen LogP contribution in [0, 0.1) is 12.8 Å². The number of piperidine rings is 1. The summed E-state index contributed by atoms with van der Waals surface area (Å²) in [6.45, 7) is 4.94. The molecule has 2 rings (SSSR count). The second-order valence-electron chi connectivity index (χ2n) is 6.82. The zero-order chi connectivity index (χ0) is 19.6. The lowest BCUT2D eigenvalue weighted by molar-refractivity contribution is -0.121. The smallest absolute Gasteiger partial charge is 0.287 e. The lowest BCUT2D eigenvalue weighted by Crippen LogP contribution is -2.46. The Bertz CT molecular complexity index is 654. The van der Waals surface area contributed by atoms with Crippen LogP contribution in [0.1, 0.15) is 41.8 Å². The monoisotopic (exact) mass is 505 g/mol. The minimum atomic E-state index is -0.180. The molecule has 0 unspecified atom stereocenters. The van der Waals surface area contributed by atoms with Crippen molar-refractivity contribution in [3.05, 3.63) is 23.7 Å². The molecule has 1 aromatic heterocycles. The lowest BCUT2D eigenvalue weighted by atomic mass is 9.93. The van der Waals surface area contributed by atoms with Gasteiger partial charge in [0, 0.05) is 52.3 Å². The van der Waals surface area contributed by atoms with Gasteiger partial charge in [-0.25, -0.2) is 0 Å². The summed E-state index contributed by atoms with van der Waals surface area (Å²) in [6.07, 6.45) is 4.90. The van der Waals surface area contributed by atoms with Crippen molar-refractivity contribution in [2.45, 2.75) is 32.6 Å². The Kier molecular flexibility index (Phi) is 10.9. The Morgan fingerprint density at radius 3 is 2.50 bits per heavy atom. The third-order valence-electron chi connectivity index (χ3n) is 4.87. The third-order valence-corrected chi connectivity index (χ3v) is 4.87. The van der Waals surface area contributed by atoms with Crippen LogP contribution in [0.5, 0.6) is 0 Å². The molecule has 0 aromatic carbocycles. The average molecular weight is 505 g/mol. The standard InChI is InChI=1S/C19H31N5O3.HI/c1-14-7-12-27-17(14)18(26)22-8-4-9-23-19(21-3)24-10-5-15(6-11-24)13-16(25)20-2;/h7,12,15H,4-6,8-11,13H2,1-3H3,(H,20,25)(H,21,23)(H,22,26);1H. The highest BCUT2D eigenvalue weighted by molar-refractivity contribution is 14.0. The van der Waals surface area contributed by atoms with Gasteiger partial charge in [-0.1, -0.05) is 0 Å². The van der Waals surface area contributed by atoms with Crippen molar-refractivity contribution in [3.8, 4) is 0 Å². The number of nitrogens with zero attached hydrogens (tertiary/aromatic N) is 2. The molecule has 3 N–H and O–H groups in total. The molecule has 0 atom stereocenters. The van der Waals surface area contributed by atoms with Gasteiger partial charge in [0.1, 0.15) is 0 Å². The van der Waals surface area contributed by atoms with E-state index in [1.165, 1.54) is 6.26 Å². The topological polar surface area (TPSA) is 99.0 Å². The minimum absolute atomic E-state index is 0. The fourth-order valence-corrected chi connectivity index (χ4v) is 3.22. The van der Waals surface area contributed by atoms with Crippen LogP contribution >= 0.6 is 24.0 Å². The fourth-order valence-electron chi connectivity index (χ4n) is 3.22. The molecule has 0 radical (unpaired) electrons. The van der Waals surface area contributed by atoms with Crippen molar-refractivity contribution in [2.24, 2.45) is 10.9 Å². The number of hydrogen-bond acceptors (Lipinski definition) is 4. The highest BCUT2D eigenvalue weighted by atomic mass is 127. The van der Waals surface area contributed by atoms with E-state index in [1.54, 1.807) is 20.2 Å². The summed E-state index contributed by atoms with van der Waals surface area (Å²) in [7, 11) is 3.46. The molecular weight excluding hydrogens is 473 g/mol. The maximum absolute atomic E-state index is 12.0. The van der Waals surface area contributed by atoms with Crippen LogP contribution in [0.2, 0.25) is 0 Å². The number of aryl methyl sites for hydroxylation is 1. The minimum Gasteiger partial charge on any atom is -0.459 e. The van der Waals surface area contributed by atoms with Crippen molar-refractivity contribution in [2.75, 3.05) is 40.3 Å². The summed E-state index contributed by atoms with van der Waals surface area (Å²) in [4.78, 5) is 30.0. The van der Waals surface area contributed by atoms with Crippen molar-refractivity contribution >= 4 is 41.8 Å². The largest absolute Gasteiger partial charge is 0.459 e. The summed E-state index contributed by atoms with van der Waals surface area (Å²) in [5.74, 6) is 1.63. The summed E-state index contributed by atoms with van der Waals surface area (Å²) in [5, 5.41) is 8.90. The SMILES string of the molecule is CN=C(NCCCNC(=O)c1occc1C)N1CCC(CC(=O)NC)CC1.I. The van der Waals surface area contributed by atoms with E-state index in [9.17, 15) is 9.59 Å². The number of halogens is 1. The summed E-state index contributed by atoms with van der Waals surface area (Å²) < 4.78 is 5.18. The molecule has 9 heteroatoms. The molecule has 8 nitrogen and oxygen atoms in total. The van der Waals surface area contributed by atoms with Crippen molar-refractivity contribution in [1.29, 1.82) is 0 Å². The molecule has 0 saturated carbocycles. The molecule has 1 fully saturated rings. The molecule has 0 aliphatic carbocycles. The molecule has 1 aliphatic heterocycles. The first-order valence-electron chi connectivity index (χ1n) is 9.53. The number of amides is 2. The fraction of sp³-hybridized carbons (Fsp3) is 0.632. The van der Waals surface area contributed by atoms with Crippen LogP contribution in [0.15, 0.2) is 21.7 Å². The van der Waals surface area contributed by atoms with E-state index >= 15 is 0 Å². The average Bonchev–Trinajstić information content (AvgIpc) is 3.11. The second-order valence-corrected chi connectivity index (χ2v) is 6.82. The number of carbonyl (C=O) groups excluding carboxylic acids is 2. The van der Waals surface area contributed by atoms with Crippen LogP contribution in [0.4, 0.5) is 0 Å². The lowest BCUT2D eigenvalue weighted by Gasteiger charge is -2.34. The Morgan fingerprint density at radius 1 is 1.25 bits per heavy atom. The zero-order valence-corrected chi connectivity index (χ0v) is 19.2. The van der Waals surface area contributed by atoms with E-state index in [4.69, 9.17) is 4.42 Å². The Morgan fingerprint density at radius 2 is 1.93 bits per heavy atom. The number of nitrogens with one attached hydrogen (secondary N) is 3. The van der Waals surface area contributed by atoms with Gasteiger partial charge in [-0.15, -0.1) is 24.0 Å². The molecule has 158 valence electrons. The van der Waals surface area contributed by atoms with Gasteiger partial charge in [0.15, 0.2) is 11.7 Å². The van der Waals surface area contributed by atoms with E-state index < -0.39 is 0 Å². The Balaban J connectivity index is 0.00000392. The molecule has 1 saturated heterocycles. The van der Waals surface area contributed by atoms with Crippen LogP contribution in [0.3, 0.4) is 0 Å². The summed E-state index contributed by atoms with van der Waals surface area (Å²) >= 11 is 0. The molecule has 2 amide bonds. The molecule has 28 heavy (non-hydrogen) atoms. The first-order valence-corrected chi connectivity index (χ1v) is 9.53. The van der Waals surface area contributed by atoms with Gasteiger partial charge in [-0.05, 0) is 38.2 Å². The van der Waals surface area contributed by atoms with Gasteiger partial charge >= 0.3 is 0 Å². The van der Waals surface area contributed by atoms with E-state index in [1.807, 2.05) is 6.92 Å². The van der Waals surface area contributed by atoms with Crippen LogP contribution in [-0.4, -0.2) is 62.9 Å². The van der Waals surface area contributed by atoms with Gasteiger partial charge in [-0.2, -0.15) is 0 Å². The highest BCUT2D eigenvalue weighted by Gasteiger charge is 2.22. The van der Waals surface area contributed by atoms with Crippen LogP contribution in [-0.2, 0) is 4.79 Å². The van der Waals surface area contributed by atoms with Gasteiger partial charge in [0.05, 0.1) is 6.26 Å². The first-order chi connectivity index (χ1) is 13.0. The van der Waals surface area contributed by atoms with Gasteiger partial charge < -0.3 is 25.3 Å². The maximum Gasteiger partial charge on any atom is 0.287 e. The predicted molar refractivity (Wildman–Crippen MR) is 120 cm³/mol.